The first-order chi connectivity index (χ1) is 9.51. The molecule has 0 unspecified atom stereocenters. The zero-order chi connectivity index (χ0) is 14.7. The van der Waals surface area contributed by atoms with Crippen LogP contribution in [0.15, 0.2) is 34.8 Å². The Kier molecular flexibility index (Phi) is 4.84. The minimum Gasteiger partial charge on any atom is -0.488 e. The van der Waals surface area contributed by atoms with E-state index in [4.69, 9.17) is 10.5 Å². The molecule has 0 heterocycles. The van der Waals surface area contributed by atoms with Crippen molar-refractivity contribution < 1.29 is 4.74 Å². The van der Waals surface area contributed by atoms with Crippen LogP contribution in [0.25, 0.3) is 0 Å². The summed E-state index contributed by atoms with van der Waals surface area (Å²) in [6, 6.07) is 10.3. The maximum absolute atomic E-state index is 5.94. The Morgan fingerprint density at radius 3 is 2.25 bits per heavy atom. The molecule has 0 aliphatic rings. The molecule has 106 valence electrons. The smallest absolute Gasteiger partial charge is 0.134 e. The van der Waals surface area contributed by atoms with Gasteiger partial charge in [-0.1, -0.05) is 23.8 Å². The predicted octanol–water partition coefficient (Wildman–Crippen LogP) is 4.41. The van der Waals surface area contributed by atoms with Gasteiger partial charge in [0.15, 0.2) is 0 Å². The summed E-state index contributed by atoms with van der Waals surface area (Å²) in [5.41, 5.74) is 11.8. The van der Waals surface area contributed by atoms with Crippen LogP contribution in [-0.4, -0.2) is 0 Å². The van der Waals surface area contributed by atoms with Crippen LogP contribution in [0.2, 0.25) is 0 Å². The van der Waals surface area contributed by atoms with Crippen LogP contribution in [0.5, 0.6) is 5.75 Å². The first-order valence-corrected chi connectivity index (χ1v) is 7.48. The van der Waals surface area contributed by atoms with E-state index in [0.29, 0.717) is 13.2 Å². The minimum atomic E-state index is 0.537. The third kappa shape index (κ3) is 3.41. The van der Waals surface area contributed by atoms with Gasteiger partial charge in [0.2, 0.25) is 0 Å². The normalized spacial score (nSPS) is 10.7. The van der Waals surface area contributed by atoms with Gasteiger partial charge in [0.05, 0.1) is 4.47 Å². The monoisotopic (exact) mass is 333 g/mol. The number of aryl methyl sites for hydroxylation is 3. The fraction of sp³-hybridized carbons (Fsp3) is 0.294. The van der Waals surface area contributed by atoms with Crippen molar-refractivity contribution in [3.8, 4) is 5.75 Å². The Hall–Kier alpha value is -1.32. The zero-order valence-electron chi connectivity index (χ0n) is 12.2. The predicted molar refractivity (Wildman–Crippen MR) is 87.0 cm³/mol. The van der Waals surface area contributed by atoms with Gasteiger partial charge in [-0.05, 0) is 71.1 Å². The van der Waals surface area contributed by atoms with Crippen LogP contribution in [0.3, 0.4) is 0 Å². The number of nitrogens with two attached hydrogens (primary N) is 1. The van der Waals surface area contributed by atoms with Gasteiger partial charge in [0, 0.05) is 6.54 Å². The number of ether oxygens (including phenoxy) is 1. The molecule has 2 aromatic carbocycles. The van der Waals surface area contributed by atoms with Crippen LogP contribution in [0.4, 0.5) is 0 Å². The number of benzene rings is 2. The largest absolute Gasteiger partial charge is 0.488 e. The molecule has 20 heavy (non-hydrogen) atoms. The molecular weight excluding hydrogens is 314 g/mol. The average Bonchev–Trinajstić information content (AvgIpc) is 2.39. The number of rotatable bonds is 4. The lowest BCUT2D eigenvalue weighted by Gasteiger charge is -2.14. The van der Waals surface area contributed by atoms with E-state index in [2.05, 4.69) is 48.8 Å². The molecule has 3 heteroatoms. The SMILES string of the molecule is Cc1cc(C)c(COc2ccc(CN)cc2Br)c(C)c1. The molecule has 0 saturated heterocycles. The topological polar surface area (TPSA) is 35.2 Å². The Balaban J connectivity index is 2.17. The van der Waals surface area contributed by atoms with Gasteiger partial charge in [-0.2, -0.15) is 0 Å². The molecule has 2 rings (SSSR count). The molecule has 0 aliphatic carbocycles. The van der Waals surface area contributed by atoms with Crippen LogP contribution in [0.1, 0.15) is 27.8 Å². The highest BCUT2D eigenvalue weighted by Crippen LogP contribution is 2.27. The van der Waals surface area contributed by atoms with E-state index in [-0.39, 0.29) is 0 Å². The molecule has 0 aromatic heterocycles. The lowest BCUT2D eigenvalue weighted by atomic mass is 10.0. The van der Waals surface area contributed by atoms with Gasteiger partial charge in [-0.15, -0.1) is 0 Å². The van der Waals surface area contributed by atoms with Gasteiger partial charge in [0.1, 0.15) is 12.4 Å². The molecule has 2 nitrogen and oxygen atoms in total. The first-order valence-electron chi connectivity index (χ1n) is 6.69. The average molecular weight is 334 g/mol. The Morgan fingerprint density at radius 1 is 1.05 bits per heavy atom. The van der Waals surface area contributed by atoms with E-state index >= 15 is 0 Å². The van der Waals surface area contributed by atoms with E-state index in [1.54, 1.807) is 0 Å². The Morgan fingerprint density at radius 2 is 1.70 bits per heavy atom. The maximum atomic E-state index is 5.94. The molecule has 0 aliphatic heterocycles. The third-order valence-electron chi connectivity index (χ3n) is 3.44. The molecule has 0 bridgehead atoms. The van der Waals surface area contributed by atoms with Crippen molar-refractivity contribution in [1.82, 2.24) is 0 Å². The van der Waals surface area contributed by atoms with Crippen molar-refractivity contribution in [2.75, 3.05) is 0 Å². The van der Waals surface area contributed by atoms with Crippen molar-refractivity contribution in [2.45, 2.75) is 33.9 Å². The standard InChI is InChI=1S/C17H20BrNO/c1-11-6-12(2)15(13(3)7-11)10-20-17-5-4-14(9-19)8-16(17)18/h4-8H,9-10,19H2,1-3H3. The van der Waals surface area contributed by atoms with Gasteiger partial charge >= 0.3 is 0 Å². The zero-order valence-corrected chi connectivity index (χ0v) is 13.8. The van der Waals surface area contributed by atoms with Crippen molar-refractivity contribution in [1.29, 1.82) is 0 Å². The molecule has 0 amide bonds. The summed E-state index contributed by atoms with van der Waals surface area (Å²) in [5.74, 6) is 0.849. The number of hydrogen-bond donors (Lipinski definition) is 1. The Bertz CT molecular complexity index is 599. The van der Waals surface area contributed by atoms with E-state index in [0.717, 1.165) is 15.8 Å². The summed E-state index contributed by atoms with van der Waals surface area (Å²) in [7, 11) is 0. The molecule has 2 aromatic rings. The van der Waals surface area contributed by atoms with Crippen molar-refractivity contribution in [2.24, 2.45) is 5.73 Å². The summed E-state index contributed by atoms with van der Waals surface area (Å²) in [4.78, 5) is 0. The van der Waals surface area contributed by atoms with Crippen molar-refractivity contribution in [3.63, 3.8) is 0 Å². The summed E-state index contributed by atoms with van der Waals surface area (Å²) >= 11 is 3.53. The van der Waals surface area contributed by atoms with Gasteiger partial charge in [-0.3, -0.25) is 0 Å². The molecule has 0 fully saturated rings. The lowest BCUT2D eigenvalue weighted by Crippen LogP contribution is -2.02. The third-order valence-corrected chi connectivity index (χ3v) is 4.06. The molecule has 2 N–H and O–H groups in total. The maximum Gasteiger partial charge on any atom is 0.134 e. The second-order valence-electron chi connectivity index (χ2n) is 5.13. The van der Waals surface area contributed by atoms with Crippen molar-refractivity contribution >= 4 is 15.9 Å². The molecular formula is C17H20BrNO. The van der Waals surface area contributed by atoms with E-state index in [1.807, 2.05) is 18.2 Å². The highest BCUT2D eigenvalue weighted by molar-refractivity contribution is 9.10. The molecule has 0 spiro atoms. The van der Waals surface area contributed by atoms with Crippen molar-refractivity contribution in [3.05, 3.63) is 62.6 Å². The number of halogens is 1. The molecule has 0 radical (unpaired) electrons. The van der Waals surface area contributed by atoms with Gasteiger partial charge < -0.3 is 10.5 Å². The Labute approximate surface area is 129 Å². The lowest BCUT2D eigenvalue weighted by molar-refractivity contribution is 0.302. The van der Waals surface area contributed by atoms with E-state index < -0.39 is 0 Å². The van der Waals surface area contributed by atoms with Crippen LogP contribution < -0.4 is 10.5 Å². The van der Waals surface area contributed by atoms with Crippen LogP contribution in [0, 0.1) is 20.8 Å². The molecule has 0 atom stereocenters. The van der Waals surface area contributed by atoms with Gasteiger partial charge in [0.25, 0.3) is 0 Å². The second kappa shape index (κ2) is 6.42. The van der Waals surface area contributed by atoms with Crippen LogP contribution in [-0.2, 0) is 13.2 Å². The number of hydrogen-bond acceptors (Lipinski definition) is 2. The fourth-order valence-corrected chi connectivity index (χ4v) is 2.92. The van der Waals surface area contributed by atoms with Crippen LogP contribution >= 0.6 is 15.9 Å². The van der Waals surface area contributed by atoms with E-state index in [9.17, 15) is 0 Å². The van der Waals surface area contributed by atoms with E-state index in [1.165, 1.54) is 22.3 Å². The minimum absolute atomic E-state index is 0.537. The quantitative estimate of drug-likeness (QED) is 0.899. The summed E-state index contributed by atoms with van der Waals surface area (Å²) in [5, 5.41) is 0. The summed E-state index contributed by atoms with van der Waals surface area (Å²) < 4.78 is 6.88. The highest BCUT2D eigenvalue weighted by Gasteiger charge is 2.07. The second-order valence-corrected chi connectivity index (χ2v) is 5.99. The molecule has 0 saturated carbocycles. The fourth-order valence-electron chi connectivity index (χ4n) is 2.38. The highest BCUT2D eigenvalue weighted by atomic mass is 79.9. The van der Waals surface area contributed by atoms with Gasteiger partial charge in [-0.25, -0.2) is 0 Å². The summed E-state index contributed by atoms with van der Waals surface area (Å²) in [6.07, 6.45) is 0. The summed E-state index contributed by atoms with van der Waals surface area (Å²) in [6.45, 7) is 7.50. The first kappa shape index (κ1) is 15.1.